The number of aromatic nitrogens is 2. The molecule has 5 nitrogen and oxygen atoms in total. The zero-order chi connectivity index (χ0) is 19.7. The Morgan fingerprint density at radius 1 is 1.14 bits per heavy atom. The van der Waals surface area contributed by atoms with Crippen LogP contribution in [0.5, 0.6) is 11.5 Å². The van der Waals surface area contributed by atoms with Crippen molar-refractivity contribution in [2.75, 3.05) is 19.5 Å². The molecule has 0 saturated heterocycles. The summed E-state index contributed by atoms with van der Waals surface area (Å²) in [6.07, 6.45) is 7.25. The number of allylic oxidation sites excluding steroid dienone is 1. The molecule has 0 spiro atoms. The van der Waals surface area contributed by atoms with Crippen molar-refractivity contribution in [3.05, 3.63) is 45.9 Å². The van der Waals surface area contributed by atoms with E-state index in [9.17, 15) is 0 Å². The molecule has 1 aliphatic carbocycles. The maximum Gasteiger partial charge on any atom is 0.162 e. The maximum atomic E-state index is 5.46. The fraction of sp³-hybridized carbons (Fsp3) is 0.364. The number of anilines is 1. The lowest BCUT2D eigenvalue weighted by Gasteiger charge is -2.16. The number of methoxy groups -OCH3 is 2. The number of hydrogen-bond donors (Lipinski definition) is 1. The first-order valence-corrected chi connectivity index (χ1v) is 10.3. The molecular formula is C22H25N3O2S. The van der Waals surface area contributed by atoms with Gasteiger partial charge in [-0.2, -0.15) is 0 Å². The summed E-state index contributed by atoms with van der Waals surface area (Å²) in [5.41, 5.74) is 0.832. The van der Waals surface area contributed by atoms with Crippen molar-refractivity contribution in [1.29, 1.82) is 0 Å². The van der Waals surface area contributed by atoms with E-state index in [-0.39, 0.29) is 6.04 Å². The molecule has 4 rings (SSSR count). The van der Waals surface area contributed by atoms with E-state index >= 15 is 0 Å². The summed E-state index contributed by atoms with van der Waals surface area (Å²) in [7, 11) is 3.27. The normalized spacial score (nSPS) is 15.1. The first-order valence-electron chi connectivity index (χ1n) is 9.52. The number of ether oxygens (including phenoxy) is 2. The quantitative estimate of drug-likeness (QED) is 0.563. The van der Waals surface area contributed by atoms with Gasteiger partial charge in [0.2, 0.25) is 0 Å². The number of benzene rings is 1. The summed E-state index contributed by atoms with van der Waals surface area (Å²) < 4.78 is 10.9. The molecule has 0 aliphatic heterocycles. The minimum atomic E-state index is 0.138. The second kappa shape index (κ2) is 7.80. The molecule has 28 heavy (non-hydrogen) atoms. The predicted molar refractivity (Wildman–Crippen MR) is 115 cm³/mol. The molecule has 3 aromatic rings. The van der Waals surface area contributed by atoms with Gasteiger partial charge in [-0.1, -0.05) is 6.08 Å². The topological polar surface area (TPSA) is 56.3 Å². The fourth-order valence-electron chi connectivity index (χ4n) is 3.17. The average Bonchev–Trinajstić information content (AvgIpc) is 3.40. The third kappa shape index (κ3) is 3.97. The molecule has 1 N–H and O–H groups in total. The highest BCUT2D eigenvalue weighted by atomic mass is 32.1. The second-order valence-electron chi connectivity index (χ2n) is 7.15. The molecule has 1 atom stereocenters. The lowest BCUT2D eigenvalue weighted by atomic mass is 10.2. The van der Waals surface area contributed by atoms with Crippen molar-refractivity contribution in [2.45, 2.75) is 32.7 Å². The lowest BCUT2D eigenvalue weighted by molar-refractivity contribution is 0.356. The molecule has 0 amide bonds. The number of fused-ring (bicyclic) bond motifs is 1. The third-order valence-corrected chi connectivity index (χ3v) is 6.13. The van der Waals surface area contributed by atoms with Crippen molar-refractivity contribution < 1.29 is 9.47 Å². The molecule has 1 aliphatic rings. The van der Waals surface area contributed by atoms with E-state index in [0.717, 1.165) is 22.6 Å². The Balaban J connectivity index is 1.62. The van der Waals surface area contributed by atoms with Crippen LogP contribution in [-0.4, -0.2) is 24.2 Å². The molecule has 0 radical (unpaired) electrons. The van der Waals surface area contributed by atoms with Crippen LogP contribution in [0.2, 0.25) is 0 Å². The van der Waals surface area contributed by atoms with E-state index in [4.69, 9.17) is 9.47 Å². The first kappa shape index (κ1) is 18.7. The second-order valence-corrected chi connectivity index (χ2v) is 8.29. The fourth-order valence-corrected chi connectivity index (χ4v) is 4.09. The van der Waals surface area contributed by atoms with Gasteiger partial charge >= 0.3 is 0 Å². The van der Waals surface area contributed by atoms with Gasteiger partial charge in [0.15, 0.2) is 11.5 Å². The Morgan fingerprint density at radius 3 is 2.61 bits per heavy atom. The van der Waals surface area contributed by atoms with E-state index in [0.29, 0.717) is 17.3 Å². The highest BCUT2D eigenvalue weighted by Crippen LogP contribution is 2.36. The third-order valence-electron chi connectivity index (χ3n) is 4.90. The Morgan fingerprint density at radius 2 is 1.89 bits per heavy atom. The smallest absolute Gasteiger partial charge is 0.162 e. The van der Waals surface area contributed by atoms with Crippen LogP contribution in [0.3, 0.4) is 0 Å². The highest BCUT2D eigenvalue weighted by Gasteiger charge is 2.18. The number of nitrogens with zero attached hydrogens (tertiary/aromatic N) is 2. The Hall–Kier alpha value is -2.60. The Bertz CT molecular complexity index is 1020. The van der Waals surface area contributed by atoms with E-state index in [2.05, 4.69) is 46.5 Å². The number of nitrogens with one attached hydrogen (secondary N) is 1. The van der Waals surface area contributed by atoms with Gasteiger partial charge in [0.05, 0.1) is 25.8 Å². The van der Waals surface area contributed by atoms with E-state index < -0.39 is 0 Å². The van der Waals surface area contributed by atoms with Gasteiger partial charge in [-0.15, -0.1) is 11.3 Å². The van der Waals surface area contributed by atoms with Crippen molar-refractivity contribution in [3.63, 3.8) is 0 Å². The van der Waals surface area contributed by atoms with Crippen LogP contribution in [0.25, 0.3) is 17.0 Å². The van der Waals surface area contributed by atoms with Crippen LogP contribution in [0.1, 0.15) is 41.4 Å². The minimum absolute atomic E-state index is 0.138. The lowest BCUT2D eigenvalue weighted by Crippen LogP contribution is -2.08. The minimum Gasteiger partial charge on any atom is -0.493 e. The van der Waals surface area contributed by atoms with Crippen LogP contribution >= 0.6 is 11.3 Å². The molecule has 2 aromatic heterocycles. The van der Waals surface area contributed by atoms with Crippen LogP contribution in [0.4, 0.5) is 5.82 Å². The van der Waals surface area contributed by atoms with Crippen LogP contribution in [0.15, 0.2) is 30.3 Å². The van der Waals surface area contributed by atoms with Gasteiger partial charge in [-0.25, -0.2) is 9.97 Å². The predicted octanol–water partition coefficient (Wildman–Crippen LogP) is 5.61. The van der Waals surface area contributed by atoms with Crippen molar-refractivity contribution in [1.82, 2.24) is 9.97 Å². The van der Waals surface area contributed by atoms with E-state index in [1.54, 1.807) is 14.2 Å². The molecule has 2 heterocycles. The Kier molecular flexibility index (Phi) is 5.22. The van der Waals surface area contributed by atoms with Gasteiger partial charge in [-0.05, 0) is 56.9 Å². The number of rotatable bonds is 7. The van der Waals surface area contributed by atoms with Gasteiger partial charge in [0.1, 0.15) is 11.6 Å². The zero-order valence-electron chi connectivity index (χ0n) is 16.7. The maximum absolute atomic E-state index is 5.46. The summed E-state index contributed by atoms with van der Waals surface area (Å²) in [5, 5.41) is 4.48. The number of thiophene rings is 1. The van der Waals surface area contributed by atoms with Gasteiger partial charge < -0.3 is 14.8 Å². The standard InChI is InChI=1S/C22H25N3O2S/c1-13(21-10-9-16(28-21)8-7-15-5-6-15)23-22-17-11-19(26-3)20(27-4)12-18(17)24-14(2)25-22/h7-13,15H,5-6H2,1-4H3,(H,23,24,25)/b8-7+/t13-/m0/s1. The summed E-state index contributed by atoms with van der Waals surface area (Å²) in [6, 6.07) is 8.34. The summed E-state index contributed by atoms with van der Waals surface area (Å²) >= 11 is 1.82. The molecule has 146 valence electrons. The zero-order valence-corrected chi connectivity index (χ0v) is 17.5. The molecule has 1 aromatic carbocycles. The van der Waals surface area contributed by atoms with E-state index in [1.165, 1.54) is 22.6 Å². The first-order chi connectivity index (χ1) is 13.6. The van der Waals surface area contributed by atoms with E-state index in [1.807, 2.05) is 30.4 Å². The van der Waals surface area contributed by atoms with Crippen molar-refractivity contribution in [2.24, 2.45) is 5.92 Å². The number of hydrogen-bond acceptors (Lipinski definition) is 6. The van der Waals surface area contributed by atoms with Crippen molar-refractivity contribution >= 4 is 34.1 Å². The average molecular weight is 396 g/mol. The SMILES string of the molecule is COc1cc2nc(C)nc(N[C@@H](C)c3ccc(/C=C/C4CC4)s3)c2cc1OC. The summed E-state index contributed by atoms with van der Waals surface area (Å²) in [6.45, 7) is 4.06. The molecule has 1 saturated carbocycles. The Labute approximate surface area is 169 Å². The van der Waals surface area contributed by atoms with Crippen molar-refractivity contribution in [3.8, 4) is 11.5 Å². The number of aryl methyl sites for hydroxylation is 1. The monoisotopic (exact) mass is 395 g/mol. The van der Waals surface area contributed by atoms with Crippen LogP contribution in [-0.2, 0) is 0 Å². The molecular weight excluding hydrogens is 370 g/mol. The van der Waals surface area contributed by atoms with Crippen LogP contribution in [0, 0.1) is 12.8 Å². The molecule has 6 heteroatoms. The van der Waals surface area contributed by atoms with Gasteiger partial charge in [-0.3, -0.25) is 0 Å². The van der Waals surface area contributed by atoms with Crippen LogP contribution < -0.4 is 14.8 Å². The molecule has 0 unspecified atom stereocenters. The molecule has 1 fully saturated rings. The van der Waals surface area contributed by atoms with Gasteiger partial charge in [0, 0.05) is 21.2 Å². The summed E-state index contributed by atoms with van der Waals surface area (Å²) in [5.74, 6) is 3.65. The largest absolute Gasteiger partial charge is 0.493 e. The molecule has 0 bridgehead atoms. The van der Waals surface area contributed by atoms with Gasteiger partial charge in [0.25, 0.3) is 0 Å². The highest BCUT2D eigenvalue weighted by molar-refractivity contribution is 7.13. The summed E-state index contributed by atoms with van der Waals surface area (Å²) in [4.78, 5) is 11.8.